The zero-order chi connectivity index (χ0) is 14.6. The van der Waals surface area contributed by atoms with Gasteiger partial charge in [-0.15, -0.1) is 0 Å². The van der Waals surface area contributed by atoms with Crippen molar-refractivity contribution >= 4 is 11.9 Å². The number of H-pyrrole nitrogens is 1. The Kier molecular flexibility index (Phi) is 4.76. The molecule has 0 bridgehead atoms. The van der Waals surface area contributed by atoms with Crippen LogP contribution < -0.4 is 11.0 Å². The molecule has 0 unspecified atom stereocenters. The Morgan fingerprint density at radius 2 is 2.05 bits per heavy atom. The van der Waals surface area contributed by atoms with Gasteiger partial charge in [0.15, 0.2) is 0 Å². The summed E-state index contributed by atoms with van der Waals surface area (Å²) >= 11 is 0. The lowest BCUT2D eigenvalue weighted by Crippen LogP contribution is -2.44. The van der Waals surface area contributed by atoms with E-state index in [1.54, 1.807) is 13.8 Å². The van der Waals surface area contributed by atoms with Crippen LogP contribution in [0.3, 0.4) is 0 Å². The fourth-order valence-electron chi connectivity index (χ4n) is 1.61. The summed E-state index contributed by atoms with van der Waals surface area (Å²) in [4.78, 5) is 39.5. The minimum absolute atomic E-state index is 0.120. The predicted octanol–water partition coefficient (Wildman–Crippen LogP) is -1.51. The van der Waals surface area contributed by atoms with Crippen LogP contribution in [0.2, 0.25) is 0 Å². The molecule has 0 aliphatic rings. The summed E-state index contributed by atoms with van der Waals surface area (Å²) in [6.07, 6.45) is -0.120. The van der Waals surface area contributed by atoms with Gasteiger partial charge in [0.05, 0.1) is 13.0 Å². The van der Waals surface area contributed by atoms with Gasteiger partial charge >= 0.3 is 11.7 Å². The summed E-state index contributed by atoms with van der Waals surface area (Å²) in [5, 5.41) is 19.7. The molecule has 1 rings (SSSR count). The number of aryl methyl sites for hydroxylation is 2. The summed E-state index contributed by atoms with van der Waals surface area (Å²) in [5.41, 5.74) is 0.938. The van der Waals surface area contributed by atoms with Gasteiger partial charge in [-0.3, -0.25) is 4.79 Å². The molecule has 0 fully saturated rings. The number of amides is 1. The molecule has 0 spiro atoms. The van der Waals surface area contributed by atoms with Crippen LogP contribution in [0.5, 0.6) is 0 Å². The van der Waals surface area contributed by atoms with Gasteiger partial charge in [0.1, 0.15) is 6.04 Å². The minimum atomic E-state index is -1.34. The summed E-state index contributed by atoms with van der Waals surface area (Å²) in [6, 6.07) is -1.34. The third-order valence-electron chi connectivity index (χ3n) is 2.61. The average molecular weight is 269 g/mol. The Morgan fingerprint density at radius 1 is 1.42 bits per heavy atom. The SMILES string of the molecule is Cc1nc(=O)[nH]c(C)c1CC(=O)N[C@H](CO)C(=O)O. The number of aliphatic hydroxyl groups is 1. The Bertz CT molecular complexity index is 526. The Morgan fingerprint density at radius 3 is 2.53 bits per heavy atom. The van der Waals surface area contributed by atoms with Crippen LogP contribution >= 0.6 is 0 Å². The number of hydrogen-bond donors (Lipinski definition) is 4. The lowest BCUT2D eigenvalue weighted by atomic mass is 10.1. The molecular formula is C11H15N3O5. The van der Waals surface area contributed by atoms with Gasteiger partial charge in [0.25, 0.3) is 0 Å². The van der Waals surface area contributed by atoms with Crippen LogP contribution in [0.15, 0.2) is 4.79 Å². The molecule has 1 aromatic heterocycles. The first-order valence-electron chi connectivity index (χ1n) is 5.54. The van der Waals surface area contributed by atoms with Crippen molar-refractivity contribution < 1.29 is 19.8 Å². The number of rotatable bonds is 5. The Balaban J connectivity index is 2.83. The van der Waals surface area contributed by atoms with Crippen molar-refractivity contribution in [2.75, 3.05) is 6.61 Å². The molecule has 19 heavy (non-hydrogen) atoms. The van der Waals surface area contributed by atoms with Crippen molar-refractivity contribution in [3.63, 3.8) is 0 Å². The highest BCUT2D eigenvalue weighted by molar-refractivity contribution is 5.85. The van der Waals surface area contributed by atoms with Gasteiger partial charge in [-0.05, 0) is 13.8 Å². The molecule has 8 nitrogen and oxygen atoms in total. The van der Waals surface area contributed by atoms with Gasteiger partial charge in [0, 0.05) is 17.0 Å². The van der Waals surface area contributed by atoms with E-state index in [1.165, 1.54) is 0 Å². The first kappa shape index (κ1) is 14.8. The topological polar surface area (TPSA) is 132 Å². The molecule has 4 N–H and O–H groups in total. The molecule has 0 radical (unpaired) electrons. The number of nitrogens with one attached hydrogen (secondary N) is 2. The van der Waals surface area contributed by atoms with Gasteiger partial charge in [-0.1, -0.05) is 0 Å². The van der Waals surface area contributed by atoms with Gasteiger partial charge < -0.3 is 20.5 Å². The van der Waals surface area contributed by atoms with Crippen LogP contribution in [0.25, 0.3) is 0 Å². The maximum atomic E-state index is 11.7. The second kappa shape index (κ2) is 6.10. The van der Waals surface area contributed by atoms with E-state index in [9.17, 15) is 14.4 Å². The zero-order valence-electron chi connectivity index (χ0n) is 10.6. The molecule has 0 aromatic carbocycles. The number of aliphatic hydroxyl groups excluding tert-OH is 1. The van der Waals surface area contributed by atoms with E-state index in [0.29, 0.717) is 17.0 Å². The summed E-state index contributed by atoms with van der Waals surface area (Å²) in [5.74, 6) is -1.88. The van der Waals surface area contributed by atoms with Crippen LogP contribution in [-0.4, -0.2) is 44.7 Å². The first-order valence-corrected chi connectivity index (χ1v) is 5.54. The normalized spacial score (nSPS) is 11.9. The molecule has 1 aromatic rings. The first-order chi connectivity index (χ1) is 8.85. The van der Waals surface area contributed by atoms with Crippen molar-refractivity contribution in [1.82, 2.24) is 15.3 Å². The number of carbonyl (C=O) groups excluding carboxylic acids is 1. The van der Waals surface area contributed by atoms with Crippen molar-refractivity contribution in [3.8, 4) is 0 Å². The number of hydrogen-bond acceptors (Lipinski definition) is 5. The van der Waals surface area contributed by atoms with E-state index in [-0.39, 0.29) is 6.42 Å². The highest BCUT2D eigenvalue weighted by Gasteiger charge is 2.20. The predicted molar refractivity (Wildman–Crippen MR) is 64.7 cm³/mol. The molecule has 1 amide bonds. The Hall–Kier alpha value is -2.22. The van der Waals surface area contributed by atoms with E-state index in [0.717, 1.165) is 0 Å². The lowest BCUT2D eigenvalue weighted by Gasteiger charge is -2.13. The number of aromatic nitrogens is 2. The van der Waals surface area contributed by atoms with E-state index < -0.39 is 30.2 Å². The van der Waals surface area contributed by atoms with Crippen LogP contribution in [0.1, 0.15) is 17.0 Å². The molecule has 0 saturated heterocycles. The standard InChI is InChI=1S/C11H15N3O5/c1-5-7(6(2)13-11(19)12-5)3-9(16)14-8(4-15)10(17)18/h8,15H,3-4H2,1-2H3,(H,14,16)(H,17,18)(H,12,13,19)/t8-/m1/s1. The second-order valence-corrected chi connectivity index (χ2v) is 4.05. The molecular weight excluding hydrogens is 254 g/mol. The molecule has 1 atom stereocenters. The number of aromatic amines is 1. The monoisotopic (exact) mass is 269 g/mol. The van der Waals surface area contributed by atoms with E-state index in [1.807, 2.05) is 0 Å². The number of carboxylic acids is 1. The minimum Gasteiger partial charge on any atom is -0.480 e. The number of carboxylic acid groups (broad SMARTS) is 1. The highest BCUT2D eigenvalue weighted by atomic mass is 16.4. The average Bonchev–Trinajstić information content (AvgIpc) is 2.30. The summed E-state index contributed by atoms with van der Waals surface area (Å²) in [7, 11) is 0. The lowest BCUT2D eigenvalue weighted by molar-refractivity contribution is -0.142. The van der Waals surface area contributed by atoms with Crippen molar-refractivity contribution in [3.05, 3.63) is 27.4 Å². The second-order valence-electron chi connectivity index (χ2n) is 4.05. The van der Waals surface area contributed by atoms with Crippen molar-refractivity contribution in [1.29, 1.82) is 0 Å². The van der Waals surface area contributed by atoms with Gasteiger partial charge in [0.2, 0.25) is 5.91 Å². The maximum Gasteiger partial charge on any atom is 0.345 e. The third-order valence-corrected chi connectivity index (χ3v) is 2.61. The maximum absolute atomic E-state index is 11.7. The van der Waals surface area contributed by atoms with E-state index >= 15 is 0 Å². The highest BCUT2D eigenvalue weighted by Crippen LogP contribution is 2.07. The zero-order valence-corrected chi connectivity index (χ0v) is 10.6. The molecule has 104 valence electrons. The van der Waals surface area contributed by atoms with Crippen LogP contribution in [0, 0.1) is 13.8 Å². The summed E-state index contributed by atoms with van der Waals surface area (Å²) < 4.78 is 0. The van der Waals surface area contributed by atoms with Crippen LogP contribution in [-0.2, 0) is 16.0 Å². The summed E-state index contributed by atoms with van der Waals surface area (Å²) in [6.45, 7) is 2.52. The largest absolute Gasteiger partial charge is 0.480 e. The smallest absolute Gasteiger partial charge is 0.345 e. The molecule has 8 heteroatoms. The van der Waals surface area contributed by atoms with Crippen molar-refractivity contribution in [2.24, 2.45) is 0 Å². The van der Waals surface area contributed by atoms with Crippen molar-refractivity contribution in [2.45, 2.75) is 26.3 Å². The molecule has 0 aliphatic heterocycles. The van der Waals surface area contributed by atoms with E-state index in [2.05, 4.69) is 15.3 Å². The number of carbonyl (C=O) groups is 2. The fourth-order valence-corrected chi connectivity index (χ4v) is 1.61. The molecule has 1 heterocycles. The van der Waals surface area contributed by atoms with Gasteiger partial charge in [-0.2, -0.15) is 4.98 Å². The fraction of sp³-hybridized carbons (Fsp3) is 0.455. The number of nitrogens with zero attached hydrogens (tertiary/aromatic N) is 1. The van der Waals surface area contributed by atoms with E-state index in [4.69, 9.17) is 10.2 Å². The van der Waals surface area contributed by atoms with Gasteiger partial charge in [-0.25, -0.2) is 9.59 Å². The quantitative estimate of drug-likeness (QED) is 0.513. The molecule has 0 aliphatic carbocycles. The molecule has 0 saturated carbocycles. The number of aliphatic carboxylic acids is 1. The Labute approximate surface area is 108 Å². The third kappa shape index (κ3) is 3.88. The van der Waals surface area contributed by atoms with Crippen LogP contribution in [0.4, 0.5) is 0 Å².